The lowest BCUT2D eigenvalue weighted by atomic mass is 9.65. The van der Waals surface area contributed by atoms with Crippen LogP contribution in [0.4, 0.5) is 0 Å². The van der Waals surface area contributed by atoms with E-state index >= 15 is 0 Å². The molecule has 1 aliphatic carbocycles. The van der Waals surface area contributed by atoms with Gasteiger partial charge in [-0.15, -0.1) is 0 Å². The fourth-order valence-electron chi connectivity index (χ4n) is 4.90. The van der Waals surface area contributed by atoms with Crippen LogP contribution in [0, 0.1) is 11.8 Å². The zero-order valence-corrected chi connectivity index (χ0v) is 17.6. The molecule has 1 saturated heterocycles. The summed E-state index contributed by atoms with van der Waals surface area (Å²) in [7, 11) is -1.32. The van der Waals surface area contributed by atoms with E-state index in [2.05, 4.69) is 22.5 Å². The lowest BCUT2D eigenvalue weighted by molar-refractivity contribution is -0.138. The number of hydrogen-bond donors (Lipinski definition) is 4. The summed E-state index contributed by atoms with van der Waals surface area (Å²) in [5.74, 6) is 0.0151. The van der Waals surface area contributed by atoms with Crippen molar-refractivity contribution in [3.8, 4) is 0 Å². The Hall–Kier alpha value is -1.12. The third-order valence-electron chi connectivity index (χ3n) is 6.36. The molecule has 160 valence electrons. The number of likely N-dealkylation sites (tertiary alicyclic amines) is 1. The highest BCUT2D eigenvalue weighted by Gasteiger charge is 2.50. The van der Waals surface area contributed by atoms with Gasteiger partial charge in [-0.25, -0.2) is 0 Å². The van der Waals surface area contributed by atoms with E-state index < -0.39 is 12.7 Å². The minimum absolute atomic E-state index is 0.0745. The highest BCUT2D eigenvalue weighted by Crippen LogP contribution is 2.40. The van der Waals surface area contributed by atoms with Gasteiger partial charge in [-0.3, -0.25) is 9.59 Å². The minimum atomic E-state index is -1.32. The van der Waals surface area contributed by atoms with Gasteiger partial charge in [-0.05, 0) is 63.9 Å². The molecule has 0 spiro atoms. The van der Waals surface area contributed by atoms with Gasteiger partial charge in [0.1, 0.15) is 5.54 Å². The molecule has 2 rings (SSSR count). The molecule has 0 bridgehead atoms. The molecule has 0 aromatic heterocycles. The molecule has 1 heterocycles. The maximum atomic E-state index is 13.4. The minimum Gasteiger partial charge on any atom is -0.427 e. The lowest BCUT2D eigenvalue weighted by Crippen LogP contribution is -2.66. The highest BCUT2D eigenvalue weighted by molar-refractivity contribution is 6.40. The number of unbranched alkanes of at least 4 members (excludes halogenated alkanes) is 1. The molecule has 2 amide bonds. The van der Waals surface area contributed by atoms with E-state index in [9.17, 15) is 19.6 Å². The van der Waals surface area contributed by atoms with Crippen LogP contribution in [-0.2, 0) is 9.59 Å². The first kappa shape index (κ1) is 23.2. The molecule has 7 nitrogen and oxygen atoms in total. The molecule has 0 unspecified atom stereocenters. The summed E-state index contributed by atoms with van der Waals surface area (Å²) in [5.41, 5.74) is -0.911. The second kappa shape index (κ2) is 11.2. The van der Waals surface area contributed by atoms with Crippen molar-refractivity contribution >= 4 is 18.9 Å². The first-order chi connectivity index (χ1) is 13.4. The predicted octanol–water partition coefficient (Wildman–Crippen LogP) is 1.15. The number of nitrogens with zero attached hydrogens (tertiary/aromatic N) is 1. The van der Waals surface area contributed by atoms with Gasteiger partial charge in [0.05, 0.1) is 0 Å². The standard InChI is InChI=1S/C20H38BN3O4/c1-3-4-11-22-19(26)20(23-16(2)25)14-17(9-10-21(27)28)7-8-18(20)15-24-12-5-6-13-24/h17-18,27-28H,3-15H2,1-2H3,(H,22,26)(H,23,25)/t17-,18-,20+/m0/s1. The van der Waals surface area contributed by atoms with Gasteiger partial charge in [0, 0.05) is 25.9 Å². The molecule has 8 heteroatoms. The van der Waals surface area contributed by atoms with E-state index in [4.69, 9.17) is 0 Å². The molecule has 1 saturated carbocycles. The third-order valence-corrected chi connectivity index (χ3v) is 6.36. The van der Waals surface area contributed by atoms with Crippen LogP contribution in [0.5, 0.6) is 0 Å². The summed E-state index contributed by atoms with van der Waals surface area (Å²) in [6, 6.07) is 0. The molecule has 3 atom stereocenters. The number of hydrogen-bond acceptors (Lipinski definition) is 5. The van der Waals surface area contributed by atoms with E-state index in [1.54, 1.807) is 0 Å². The molecular formula is C20H38BN3O4. The van der Waals surface area contributed by atoms with Crippen LogP contribution in [-0.4, -0.2) is 65.6 Å². The molecular weight excluding hydrogens is 357 g/mol. The van der Waals surface area contributed by atoms with Gasteiger partial charge in [0.2, 0.25) is 11.8 Å². The Morgan fingerprint density at radius 3 is 2.54 bits per heavy atom. The topological polar surface area (TPSA) is 102 Å². The fourth-order valence-corrected chi connectivity index (χ4v) is 4.90. The van der Waals surface area contributed by atoms with Crippen molar-refractivity contribution in [2.45, 2.75) is 77.1 Å². The summed E-state index contributed by atoms with van der Waals surface area (Å²) in [6.07, 6.45) is 7.64. The summed E-state index contributed by atoms with van der Waals surface area (Å²) in [4.78, 5) is 27.9. The highest BCUT2D eigenvalue weighted by atomic mass is 16.4. The van der Waals surface area contributed by atoms with E-state index in [0.717, 1.165) is 45.3 Å². The van der Waals surface area contributed by atoms with Crippen molar-refractivity contribution in [2.24, 2.45) is 11.8 Å². The number of amides is 2. The molecule has 0 aromatic carbocycles. The average Bonchev–Trinajstić information content (AvgIpc) is 3.14. The van der Waals surface area contributed by atoms with Crippen molar-refractivity contribution in [1.82, 2.24) is 15.5 Å². The number of carbonyl (C=O) groups excluding carboxylic acids is 2. The number of rotatable bonds is 10. The first-order valence-corrected chi connectivity index (χ1v) is 11.0. The van der Waals surface area contributed by atoms with Crippen molar-refractivity contribution in [3.05, 3.63) is 0 Å². The normalized spacial score (nSPS) is 28.1. The molecule has 1 aliphatic heterocycles. The zero-order chi connectivity index (χ0) is 20.6. The largest absolute Gasteiger partial charge is 0.451 e. The maximum Gasteiger partial charge on any atom is 0.451 e. The van der Waals surface area contributed by atoms with E-state index in [1.807, 2.05) is 0 Å². The summed E-state index contributed by atoms with van der Waals surface area (Å²) < 4.78 is 0. The second-order valence-corrected chi connectivity index (χ2v) is 8.67. The van der Waals surface area contributed by atoms with Crippen LogP contribution in [0.1, 0.15) is 65.2 Å². The molecule has 4 N–H and O–H groups in total. The van der Waals surface area contributed by atoms with Gasteiger partial charge in [-0.2, -0.15) is 0 Å². The van der Waals surface area contributed by atoms with Crippen molar-refractivity contribution in [3.63, 3.8) is 0 Å². The van der Waals surface area contributed by atoms with Gasteiger partial charge < -0.3 is 25.6 Å². The second-order valence-electron chi connectivity index (χ2n) is 8.67. The Balaban J connectivity index is 2.21. The van der Waals surface area contributed by atoms with Crippen LogP contribution >= 0.6 is 0 Å². The molecule has 0 radical (unpaired) electrons. The van der Waals surface area contributed by atoms with Crippen LogP contribution in [0.15, 0.2) is 0 Å². The van der Waals surface area contributed by atoms with Gasteiger partial charge in [0.15, 0.2) is 0 Å². The summed E-state index contributed by atoms with van der Waals surface area (Å²) >= 11 is 0. The Morgan fingerprint density at radius 2 is 1.93 bits per heavy atom. The Morgan fingerprint density at radius 1 is 1.21 bits per heavy atom. The van der Waals surface area contributed by atoms with Crippen LogP contribution in [0.3, 0.4) is 0 Å². The van der Waals surface area contributed by atoms with Crippen molar-refractivity contribution in [2.75, 3.05) is 26.2 Å². The SMILES string of the molecule is CCCCNC(=O)[C@@]1(NC(C)=O)C[C@H](CCB(O)O)CC[C@H]1CN1CCCC1. The average molecular weight is 395 g/mol. The van der Waals surface area contributed by atoms with E-state index in [-0.39, 0.29) is 23.7 Å². The van der Waals surface area contributed by atoms with E-state index in [0.29, 0.717) is 25.7 Å². The number of carbonyl (C=O) groups is 2. The van der Waals surface area contributed by atoms with Crippen molar-refractivity contribution < 1.29 is 19.6 Å². The van der Waals surface area contributed by atoms with Crippen LogP contribution in [0.2, 0.25) is 6.32 Å². The molecule has 2 fully saturated rings. The third kappa shape index (κ3) is 6.46. The van der Waals surface area contributed by atoms with E-state index in [1.165, 1.54) is 19.8 Å². The van der Waals surface area contributed by atoms with Crippen LogP contribution < -0.4 is 10.6 Å². The summed E-state index contributed by atoms with van der Waals surface area (Å²) in [6.45, 7) is 7.14. The quantitative estimate of drug-likeness (QED) is 0.328. The van der Waals surface area contributed by atoms with Gasteiger partial charge in [-0.1, -0.05) is 19.8 Å². The molecule has 0 aromatic rings. The lowest BCUT2D eigenvalue weighted by Gasteiger charge is -2.47. The predicted molar refractivity (Wildman–Crippen MR) is 111 cm³/mol. The van der Waals surface area contributed by atoms with Gasteiger partial charge >= 0.3 is 7.12 Å². The number of nitrogens with one attached hydrogen (secondary N) is 2. The summed E-state index contributed by atoms with van der Waals surface area (Å²) in [5, 5.41) is 24.6. The first-order valence-electron chi connectivity index (χ1n) is 11.0. The van der Waals surface area contributed by atoms with Gasteiger partial charge in [0.25, 0.3) is 0 Å². The Kier molecular flexibility index (Phi) is 9.24. The fraction of sp³-hybridized carbons (Fsp3) is 0.900. The van der Waals surface area contributed by atoms with Crippen LogP contribution in [0.25, 0.3) is 0 Å². The zero-order valence-electron chi connectivity index (χ0n) is 17.6. The molecule has 28 heavy (non-hydrogen) atoms. The molecule has 2 aliphatic rings. The Bertz CT molecular complexity index is 514. The van der Waals surface area contributed by atoms with Crippen molar-refractivity contribution in [1.29, 1.82) is 0 Å². The Labute approximate surface area is 169 Å². The maximum absolute atomic E-state index is 13.4. The smallest absolute Gasteiger partial charge is 0.427 e. The monoisotopic (exact) mass is 395 g/mol.